The Morgan fingerprint density at radius 1 is 1.10 bits per heavy atom. The molecule has 4 heteroatoms. The van der Waals surface area contributed by atoms with Crippen molar-refractivity contribution in [2.45, 2.75) is 76.7 Å². The molecule has 0 radical (unpaired) electrons. The van der Waals surface area contributed by atoms with Crippen LogP contribution >= 0.6 is 0 Å². The Hall–Kier alpha value is -0.870. The third-order valence-corrected chi connectivity index (χ3v) is 4.86. The number of aryl methyl sites for hydroxylation is 1. The summed E-state index contributed by atoms with van der Waals surface area (Å²) in [5.41, 5.74) is 4.30. The summed E-state index contributed by atoms with van der Waals surface area (Å²) in [7, 11) is 0. The van der Waals surface area contributed by atoms with Crippen LogP contribution in [0.4, 0.5) is 0 Å². The van der Waals surface area contributed by atoms with Crippen molar-refractivity contribution in [1.82, 2.24) is 9.78 Å². The van der Waals surface area contributed by atoms with Crippen LogP contribution in [0.5, 0.6) is 0 Å². The lowest BCUT2D eigenvalue weighted by Gasteiger charge is -2.25. The fourth-order valence-electron chi connectivity index (χ4n) is 3.84. The minimum atomic E-state index is 0.408. The molecule has 0 spiro atoms. The second kappa shape index (κ2) is 6.72. The molecular formula is C16H26N2O2. The minimum Gasteiger partial charge on any atom is -0.266 e. The lowest BCUT2D eigenvalue weighted by Crippen LogP contribution is -2.18. The summed E-state index contributed by atoms with van der Waals surface area (Å²) in [5.74, 6) is 0. The first-order valence-corrected chi connectivity index (χ1v) is 8.25. The standard InChI is InChI=1S/C16H26N2O2/c19-20-12-6-10-15-14-9-4-5-11-16(14)18(17-15)13-7-2-1-3-8-13/h13,19H,1-12H2. The Morgan fingerprint density at radius 2 is 1.90 bits per heavy atom. The molecule has 20 heavy (non-hydrogen) atoms. The summed E-state index contributed by atoms with van der Waals surface area (Å²) in [6, 6.07) is 0.637. The number of hydrogen-bond acceptors (Lipinski definition) is 3. The zero-order valence-electron chi connectivity index (χ0n) is 12.3. The average Bonchev–Trinajstić information content (AvgIpc) is 2.88. The summed E-state index contributed by atoms with van der Waals surface area (Å²) in [6.07, 6.45) is 13.5. The predicted octanol–water partition coefficient (Wildman–Crippen LogP) is 3.69. The Morgan fingerprint density at radius 3 is 2.70 bits per heavy atom. The van der Waals surface area contributed by atoms with E-state index in [0.717, 1.165) is 12.8 Å². The Balaban J connectivity index is 1.81. The van der Waals surface area contributed by atoms with Crippen molar-refractivity contribution in [3.8, 4) is 0 Å². The first kappa shape index (κ1) is 14.1. The molecule has 1 heterocycles. The number of nitrogens with zero attached hydrogens (tertiary/aromatic N) is 2. The monoisotopic (exact) mass is 278 g/mol. The van der Waals surface area contributed by atoms with Gasteiger partial charge in [-0.15, -0.1) is 0 Å². The molecule has 112 valence electrons. The van der Waals surface area contributed by atoms with Crippen molar-refractivity contribution in [1.29, 1.82) is 0 Å². The Bertz CT molecular complexity index is 436. The van der Waals surface area contributed by atoms with Crippen molar-refractivity contribution < 1.29 is 10.1 Å². The van der Waals surface area contributed by atoms with Crippen molar-refractivity contribution in [2.75, 3.05) is 6.61 Å². The van der Waals surface area contributed by atoms with Gasteiger partial charge < -0.3 is 0 Å². The maximum Gasteiger partial charge on any atom is 0.0823 e. The van der Waals surface area contributed by atoms with Gasteiger partial charge in [0.25, 0.3) is 0 Å². The molecule has 3 rings (SSSR count). The van der Waals surface area contributed by atoms with Crippen LogP contribution in [0.25, 0.3) is 0 Å². The van der Waals surface area contributed by atoms with Gasteiger partial charge in [-0.2, -0.15) is 5.10 Å². The quantitative estimate of drug-likeness (QED) is 0.507. The summed E-state index contributed by atoms with van der Waals surface area (Å²) in [5, 5.41) is 13.4. The molecule has 1 saturated carbocycles. The van der Waals surface area contributed by atoms with Crippen molar-refractivity contribution in [3.63, 3.8) is 0 Å². The van der Waals surface area contributed by atoms with Crippen LogP contribution in [-0.4, -0.2) is 21.6 Å². The molecule has 0 unspecified atom stereocenters. The van der Waals surface area contributed by atoms with Crippen LogP contribution in [0.3, 0.4) is 0 Å². The van der Waals surface area contributed by atoms with Gasteiger partial charge in [-0.3, -0.25) is 9.94 Å². The molecule has 1 fully saturated rings. The second-order valence-corrected chi connectivity index (χ2v) is 6.25. The Labute approximate surface area is 121 Å². The first-order valence-electron chi connectivity index (χ1n) is 8.25. The van der Waals surface area contributed by atoms with Crippen molar-refractivity contribution in [3.05, 3.63) is 17.0 Å². The summed E-state index contributed by atoms with van der Waals surface area (Å²) >= 11 is 0. The number of aromatic nitrogens is 2. The maximum absolute atomic E-state index is 8.47. The molecule has 0 aromatic carbocycles. The van der Waals surface area contributed by atoms with Gasteiger partial charge in [0, 0.05) is 5.69 Å². The SMILES string of the molecule is OOCCCc1nn(C2CCCCC2)c2c1CCCC2. The predicted molar refractivity (Wildman–Crippen MR) is 77.9 cm³/mol. The molecule has 1 aromatic heterocycles. The molecule has 0 aliphatic heterocycles. The van der Waals surface area contributed by atoms with Crippen molar-refractivity contribution in [2.24, 2.45) is 0 Å². The molecule has 0 saturated heterocycles. The fraction of sp³-hybridized carbons (Fsp3) is 0.812. The third-order valence-electron chi connectivity index (χ3n) is 4.86. The highest BCUT2D eigenvalue weighted by atomic mass is 17.1. The van der Waals surface area contributed by atoms with Gasteiger partial charge in [-0.25, -0.2) is 4.89 Å². The third kappa shape index (κ3) is 2.91. The van der Waals surface area contributed by atoms with Gasteiger partial charge in [0.05, 0.1) is 18.3 Å². The van der Waals surface area contributed by atoms with E-state index in [2.05, 4.69) is 9.57 Å². The molecule has 0 bridgehead atoms. The van der Waals surface area contributed by atoms with Gasteiger partial charge in [0.15, 0.2) is 0 Å². The Kier molecular flexibility index (Phi) is 4.73. The van der Waals surface area contributed by atoms with Gasteiger partial charge in [-0.1, -0.05) is 19.3 Å². The van der Waals surface area contributed by atoms with Crippen LogP contribution in [-0.2, 0) is 24.2 Å². The van der Waals surface area contributed by atoms with E-state index in [1.54, 1.807) is 0 Å². The molecule has 0 atom stereocenters. The highest BCUT2D eigenvalue weighted by Crippen LogP contribution is 2.33. The molecule has 4 nitrogen and oxygen atoms in total. The topological polar surface area (TPSA) is 47.3 Å². The van der Waals surface area contributed by atoms with E-state index in [0.29, 0.717) is 12.6 Å². The molecule has 2 aliphatic carbocycles. The number of hydrogen-bond donors (Lipinski definition) is 1. The molecular weight excluding hydrogens is 252 g/mol. The van der Waals surface area contributed by atoms with Crippen LogP contribution in [0.15, 0.2) is 0 Å². The second-order valence-electron chi connectivity index (χ2n) is 6.25. The molecule has 0 amide bonds. The van der Waals surface area contributed by atoms with E-state index >= 15 is 0 Å². The van der Waals surface area contributed by atoms with E-state index in [-0.39, 0.29) is 0 Å². The van der Waals surface area contributed by atoms with Crippen LogP contribution in [0.1, 0.15) is 74.4 Å². The highest BCUT2D eigenvalue weighted by Gasteiger charge is 2.25. The van der Waals surface area contributed by atoms with Gasteiger partial charge in [0.2, 0.25) is 0 Å². The summed E-state index contributed by atoms with van der Waals surface area (Å²) in [4.78, 5) is 4.20. The fourth-order valence-corrected chi connectivity index (χ4v) is 3.84. The van der Waals surface area contributed by atoms with Gasteiger partial charge in [0.1, 0.15) is 0 Å². The lowest BCUT2D eigenvalue weighted by molar-refractivity contribution is -0.242. The van der Waals surface area contributed by atoms with E-state index in [1.165, 1.54) is 74.7 Å². The van der Waals surface area contributed by atoms with E-state index in [1.807, 2.05) is 0 Å². The van der Waals surface area contributed by atoms with Crippen LogP contribution < -0.4 is 0 Å². The summed E-state index contributed by atoms with van der Waals surface area (Å²) in [6.45, 7) is 0.408. The van der Waals surface area contributed by atoms with E-state index < -0.39 is 0 Å². The smallest absolute Gasteiger partial charge is 0.0823 e. The van der Waals surface area contributed by atoms with Crippen molar-refractivity contribution >= 4 is 0 Å². The normalized spacial score (nSPS) is 20.1. The largest absolute Gasteiger partial charge is 0.266 e. The molecule has 1 N–H and O–H groups in total. The molecule has 1 aromatic rings. The molecule has 2 aliphatic rings. The summed E-state index contributed by atoms with van der Waals surface area (Å²) < 4.78 is 2.38. The van der Waals surface area contributed by atoms with Crippen LogP contribution in [0.2, 0.25) is 0 Å². The number of fused-ring (bicyclic) bond motifs is 1. The zero-order chi connectivity index (χ0) is 13.8. The van der Waals surface area contributed by atoms with Crippen LogP contribution in [0, 0.1) is 0 Å². The average molecular weight is 278 g/mol. The minimum absolute atomic E-state index is 0.408. The maximum atomic E-state index is 8.47. The van der Waals surface area contributed by atoms with E-state index in [9.17, 15) is 0 Å². The lowest BCUT2D eigenvalue weighted by atomic mass is 9.92. The first-order chi connectivity index (χ1) is 9.90. The zero-order valence-corrected chi connectivity index (χ0v) is 12.3. The highest BCUT2D eigenvalue weighted by molar-refractivity contribution is 5.29. The van der Waals surface area contributed by atoms with Gasteiger partial charge in [-0.05, 0) is 56.9 Å². The van der Waals surface area contributed by atoms with E-state index in [4.69, 9.17) is 10.4 Å². The van der Waals surface area contributed by atoms with Gasteiger partial charge >= 0.3 is 0 Å². The number of rotatable bonds is 5.